The van der Waals surface area contributed by atoms with Gasteiger partial charge in [-0.05, 0) is 98.5 Å². The summed E-state index contributed by atoms with van der Waals surface area (Å²) >= 11 is 0. The normalized spacial score (nSPS) is 16.8. The number of hydrogen-bond donors (Lipinski definition) is 1. The molecule has 1 heterocycles. The zero-order chi connectivity index (χ0) is 28.1. The predicted molar refractivity (Wildman–Crippen MR) is 167 cm³/mol. The van der Waals surface area contributed by atoms with E-state index in [4.69, 9.17) is 4.43 Å². The Morgan fingerprint density at radius 1 is 0.795 bits per heavy atom. The summed E-state index contributed by atoms with van der Waals surface area (Å²) in [6.07, 6.45) is 4.29. The van der Waals surface area contributed by atoms with E-state index in [1.165, 1.54) is 11.1 Å². The number of nitrogens with zero attached hydrogens (tertiary/aromatic N) is 1. The van der Waals surface area contributed by atoms with Crippen molar-refractivity contribution in [3.05, 3.63) is 107 Å². The van der Waals surface area contributed by atoms with Crippen LogP contribution in [0.2, 0.25) is 19.6 Å². The van der Waals surface area contributed by atoms with Gasteiger partial charge in [-0.3, -0.25) is 0 Å². The van der Waals surface area contributed by atoms with E-state index in [2.05, 4.69) is 93.8 Å². The molecule has 1 unspecified atom stereocenters. The van der Waals surface area contributed by atoms with Crippen LogP contribution in [0.4, 0.5) is 0 Å². The summed E-state index contributed by atoms with van der Waals surface area (Å²) in [6, 6.07) is 29.6. The quantitative estimate of drug-likeness (QED) is 0.261. The Hall–Kier alpha value is -2.24. The third-order valence-electron chi connectivity index (χ3n) is 8.19. The summed E-state index contributed by atoms with van der Waals surface area (Å²) in [5.74, 6) is 0.197. The molecule has 4 heteroatoms. The van der Waals surface area contributed by atoms with Crippen molar-refractivity contribution in [3.8, 4) is 0 Å². The third-order valence-corrected chi connectivity index (χ3v) is 9.18. The van der Waals surface area contributed by atoms with Gasteiger partial charge in [0.05, 0.1) is 6.10 Å². The van der Waals surface area contributed by atoms with Crippen LogP contribution in [0, 0.1) is 5.92 Å². The zero-order valence-corrected chi connectivity index (χ0v) is 26.0. The lowest BCUT2D eigenvalue weighted by molar-refractivity contribution is -0.0146. The molecular formula is C35H49NO2Si. The lowest BCUT2D eigenvalue weighted by Gasteiger charge is -2.42. The van der Waals surface area contributed by atoms with Gasteiger partial charge in [0.1, 0.15) is 5.60 Å². The minimum atomic E-state index is -1.68. The predicted octanol–water partition coefficient (Wildman–Crippen LogP) is 8.31. The van der Waals surface area contributed by atoms with Crippen LogP contribution >= 0.6 is 0 Å². The fourth-order valence-electron chi connectivity index (χ4n) is 6.02. The van der Waals surface area contributed by atoms with Gasteiger partial charge in [0.15, 0.2) is 8.32 Å². The summed E-state index contributed by atoms with van der Waals surface area (Å²) in [4.78, 5) is 2.58. The number of piperidine rings is 1. The monoisotopic (exact) mass is 543 g/mol. The van der Waals surface area contributed by atoms with Gasteiger partial charge in [-0.2, -0.15) is 0 Å². The summed E-state index contributed by atoms with van der Waals surface area (Å²) in [7, 11) is -1.68. The standard InChI is InChI=1S/C35H49NO2Si/c1-34(2,3)29-21-19-28(20-22-29)33(38-39(4,5)6)18-13-25-36-26-23-32(24-27-36)35(37,30-14-9-7-10-15-30)31-16-11-8-12-17-31/h7-12,14-17,19-22,32-33,37H,13,18,23-27H2,1-6H3. The largest absolute Gasteiger partial charge is 0.411 e. The van der Waals surface area contributed by atoms with Crippen molar-refractivity contribution in [2.75, 3.05) is 19.6 Å². The second kappa shape index (κ2) is 12.5. The number of aliphatic hydroxyl groups is 1. The van der Waals surface area contributed by atoms with Crippen molar-refractivity contribution >= 4 is 8.32 Å². The second-order valence-electron chi connectivity index (χ2n) is 13.3. The molecule has 1 aliphatic rings. The molecule has 4 rings (SSSR count). The van der Waals surface area contributed by atoms with Crippen LogP contribution in [-0.2, 0) is 15.4 Å². The van der Waals surface area contributed by atoms with Crippen LogP contribution < -0.4 is 0 Å². The van der Waals surface area contributed by atoms with Gasteiger partial charge < -0.3 is 14.4 Å². The highest BCUT2D eigenvalue weighted by Crippen LogP contribution is 2.42. The second-order valence-corrected chi connectivity index (χ2v) is 17.8. The minimum Gasteiger partial charge on any atom is -0.411 e. The highest BCUT2D eigenvalue weighted by atomic mass is 28.4. The maximum atomic E-state index is 12.2. The highest BCUT2D eigenvalue weighted by molar-refractivity contribution is 6.69. The van der Waals surface area contributed by atoms with Gasteiger partial charge in [0, 0.05) is 0 Å². The third kappa shape index (κ3) is 7.70. The number of benzene rings is 3. The maximum absolute atomic E-state index is 12.2. The molecule has 210 valence electrons. The van der Waals surface area contributed by atoms with Crippen molar-refractivity contribution in [1.82, 2.24) is 4.90 Å². The highest BCUT2D eigenvalue weighted by Gasteiger charge is 2.41. The molecule has 3 nitrogen and oxygen atoms in total. The maximum Gasteiger partial charge on any atom is 0.184 e. The number of rotatable bonds is 10. The van der Waals surface area contributed by atoms with E-state index in [0.717, 1.165) is 56.4 Å². The van der Waals surface area contributed by atoms with E-state index < -0.39 is 13.9 Å². The summed E-state index contributed by atoms with van der Waals surface area (Å²) in [5.41, 5.74) is 3.88. The van der Waals surface area contributed by atoms with Gasteiger partial charge in [0.2, 0.25) is 0 Å². The van der Waals surface area contributed by atoms with E-state index in [0.29, 0.717) is 0 Å². The Morgan fingerprint density at radius 3 is 1.77 bits per heavy atom. The molecule has 3 aromatic carbocycles. The Kier molecular flexibility index (Phi) is 9.54. The summed E-state index contributed by atoms with van der Waals surface area (Å²) in [6.45, 7) is 16.8. The van der Waals surface area contributed by atoms with Crippen LogP contribution in [0.25, 0.3) is 0 Å². The molecule has 1 aliphatic heterocycles. The molecular weight excluding hydrogens is 494 g/mol. The molecule has 0 saturated carbocycles. The molecule has 3 aromatic rings. The van der Waals surface area contributed by atoms with E-state index in [1.807, 2.05) is 36.4 Å². The summed E-state index contributed by atoms with van der Waals surface area (Å²) < 4.78 is 6.69. The molecule has 1 N–H and O–H groups in total. The Labute approximate surface area is 238 Å². The van der Waals surface area contributed by atoms with Gasteiger partial charge in [-0.25, -0.2) is 0 Å². The van der Waals surface area contributed by atoms with Crippen molar-refractivity contribution < 1.29 is 9.53 Å². The van der Waals surface area contributed by atoms with E-state index in [1.54, 1.807) is 0 Å². The Morgan fingerprint density at radius 2 is 1.31 bits per heavy atom. The summed E-state index contributed by atoms with van der Waals surface area (Å²) in [5, 5.41) is 12.2. The zero-order valence-electron chi connectivity index (χ0n) is 25.0. The fourth-order valence-corrected chi connectivity index (χ4v) is 7.12. The van der Waals surface area contributed by atoms with E-state index in [9.17, 15) is 5.11 Å². The molecule has 0 bridgehead atoms. The SMILES string of the molecule is CC(C)(C)c1ccc(C(CCCN2CCC(C(O)(c3ccccc3)c3ccccc3)CC2)O[Si](C)(C)C)cc1. The van der Waals surface area contributed by atoms with Crippen molar-refractivity contribution in [2.24, 2.45) is 5.92 Å². The first-order valence-corrected chi connectivity index (χ1v) is 18.2. The smallest absolute Gasteiger partial charge is 0.184 e. The molecule has 0 aromatic heterocycles. The number of hydrogen-bond acceptors (Lipinski definition) is 3. The van der Waals surface area contributed by atoms with Gasteiger partial charge >= 0.3 is 0 Å². The molecule has 1 saturated heterocycles. The van der Waals surface area contributed by atoms with Crippen LogP contribution in [0.3, 0.4) is 0 Å². The molecule has 1 atom stereocenters. The lowest BCUT2D eigenvalue weighted by Crippen LogP contribution is -2.44. The molecule has 0 amide bonds. The Balaban J connectivity index is 1.38. The van der Waals surface area contributed by atoms with Crippen LogP contribution in [0.1, 0.15) is 74.8 Å². The molecule has 1 fully saturated rings. The molecule has 0 spiro atoms. The van der Waals surface area contributed by atoms with Crippen LogP contribution in [-0.4, -0.2) is 38.0 Å². The molecule has 0 aliphatic carbocycles. The number of likely N-dealkylation sites (tertiary alicyclic amines) is 1. The topological polar surface area (TPSA) is 32.7 Å². The van der Waals surface area contributed by atoms with E-state index >= 15 is 0 Å². The van der Waals surface area contributed by atoms with Crippen molar-refractivity contribution in [2.45, 2.75) is 83.2 Å². The van der Waals surface area contributed by atoms with Crippen LogP contribution in [0.5, 0.6) is 0 Å². The minimum absolute atomic E-state index is 0.157. The van der Waals surface area contributed by atoms with Crippen LogP contribution in [0.15, 0.2) is 84.9 Å². The lowest BCUT2D eigenvalue weighted by atomic mass is 9.72. The van der Waals surface area contributed by atoms with E-state index in [-0.39, 0.29) is 17.4 Å². The Bertz CT molecular complexity index is 1100. The first-order chi connectivity index (χ1) is 18.5. The average Bonchev–Trinajstić information content (AvgIpc) is 2.92. The molecule has 0 radical (unpaired) electrons. The fraction of sp³-hybridized carbons (Fsp3) is 0.486. The van der Waals surface area contributed by atoms with Gasteiger partial charge in [-0.1, -0.05) is 106 Å². The molecule has 39 heavy (non-hydrogen) atoms. The van der Waals surface area contributed by atoms with Crippen molar-refractivity contribution in [1.29, 1.82) is 0 Å². The first kappa shape index (κ1) is 29.7. The average molecular weight is 544 g/mol. The first-order valence-electron chi connectivity index (χ1n) is 14.8. The van der Waals surface area contributed by atoms with Gasteiger partial charge in [0.25, 0.3) is 0 Å². The van der Waals surface area contributed by atoms with Crippen molar-refractivity contribution in [3.63, 3.8) is 0 Å². The van der Waals surface area contributed by atoms with Gasteiger partial charge in [-0.15, -0.1) is 0 Å².